The van der Waals surface area contributed by atoms with Gasteiger partial charge in [-0.3, -0.25) is 4.68 Å². The molecule has 0 saturated carbocycles. The maximum Gasteiger partial charge on any atom is 0.178 e. The molecule has 0 spiro atoms. The van der Waals surface area contributed by atoms with Gasteiger partial charge in [0.05, 0.1) is 22.5 Å². The summed E-state index contributed by atoms with van der Waals surface area (Å²) in [5.74, 6) is 0.610. The Hall–Kier alpha value is -2.00. The molecule has 0 amide bonds. The van der Waals surface area contributed by atoms with Crippen LogP contribution in [-0.4, -0.2) is 39.0 Å². The average molecular weight is 323 g/mol. The van der Waals surface area contributed by atoms with Gasteiger partial charge in [0.15, 0.2) is 20.4 Å². The standard InChI is InChI=1S/C12H13N5O2S2/c1-16-7-13-10(15-16)6-17-8-4-3-5-9(21(2,18)19)11(8)14-12(17)20/h3-5,7H,6H2,1-2H3,(H,14,20). The fourth-order valence-electron chi connectivity index (χ4n) is 2.22. The van der Waals surface area contributed by atoms with Crippen LogP contribution in [0.3, 0.4) is 0 Å². The summed E-state index contributed by atoms with van der Waals surface area (Å²) < 4.78 is 27.5. The Morgan fingerprint density at radius 1 is 1.38 bits per heavy atom. The molecule has 0 fully saturated rings. The summed E-state index contributed by atoms with van der Waals surface area (Å²) in [5.41, 5.74) is 1.23. The predicted octanol–water partition coefficient (Wildman–Crippen LogP) is 1.28. The van der Waals surface area contributed by atoms with Crippen LogP contribution < -0.4 is 0 Å². The normalized spacial score (nSPS) is 12.1. The maximum absolute atomic E-state index is 11.8. The minimum absolute atomic E-state index is 0.235. The van der Waals surface area contributed by atoms with Crippen LogP contribution in [0.15, 0.2) is 29.4 Å². The van der Waals surface area contributed by atoms with E-state index in [-0.39, 0.29) is 4.90 Å². The van der Waals surface area contributed by atoms with Crippen LogP contribution in [0, 0.1) is 4.77 Å². The SMILES string of the molecule is Cn1cnc(Cn2c(=S)[nH]c3c(S(C)(=O)=O)cccc32)n1. The van der Waals surface area contributed by atoms with E-state index in [1.165, 1.54) is 6.26 Å². The van der Waals surface area contributed by atoms with Crippen LogP contribution in [0.4, 0.5) is 0 Å². The number of aromatic nitrogens is 5. The summed E-state index contributed by atoms with van der Waals surface area (Å²) in [4.78, 5) is 7.36. The number of aromatic amines is 1. The number of aryl methyl sites for hydroxylation is 1. The molecule has 2 heterocycles. The fourth-order valence-corrected chi connectivity index (χ4v) is 3.33. The summed E-state index contributed by atoms with van der Waals surface area (Å²) in [6, 6.07) is 5.08. The number of benzene rings is 1. The molecule has 1 aromatic carbocycles. The molecule has 2 aromatic heterocycles. The first-order valence-electron chi connectivity index (χ1n) is 6.12. The summed E-state index contributed by atoms with van der Waals surface area (Å²) >= 11 is 5.29. The van der Waals surface area contributed by atoms with Crippen LogP contribution in [0.25, 0.3) is 11.0 Å². The van der Waals surface area contributed by atoms with Gasteiger partial charge in [-0.2, -0.15) is 5.10 Å². The molecule has 0 bridgehead atoms. The van der Waals surface area contributed by atoms with Crippen molar-refractivity contribution in [1.82, 2.24) is 24.3 Å². The van der Waals surface area contributed by atoms with E-state index in [0.717, 1.165) is 5.52 Å². The van der Waals surface area contributed by atoms with Crippen molar-refractivity contribution in [1.29, 1.82) is 0 Å². The Morgan fingerprint density at radius 2 is 2.14 bits per heavy atom. The quantitative estimate of drug-likeness (QED) is 0.734. The van der Waals surface area contributed by atoms with E-state index in [0.29, 0.717) is 22.7 Å². The molecule has 9 heteroatoms. The largest absolute Gasteiger partial charge is 0.329 e. The number of H-pyrrole nitrogens is 1. The molecule has 0 aliphatic heterocycles. The highest BCUT2D eigenvalue weighted by atomic mass is 32.2. The number of hydrogen-bond acceptors (Lipinski definition) is 5. The van der Waals surface area contributed by atoms with Crippen molar-refractivity contribution in [3.05, 3.63) is 35.1 Å². The van der Waals surface area contributed by atoms with Gasteiger partial charge in [0.1, 0.15) is 6.33 Å². The number of hydrogen-bond donors (Lipinski definition) is 1. The van der Waals surface area contributed by atoms with Crippen molar-refractivity contribution >= 4 is 33.1 Å². The second-order valence-electron chi connectivity index (χ2n) is 4.77. The molecule has 0 aliphatic rings. The van der Waals surface area contributed by atoms with Gasteiger partial charge in [0, 0.05) is 13.3 Å². The highest BCUT2D eigenvalue weighted by Gasteiger charge is 2.16. The van der Waals surface area contributed by atoms with Gasteiger partial charge in [-0.25, -0.2) is 13.4 Å². The smallest absolute Gasteiger partial charge is 0.178 e. The number of para-hydroxylation sites is 1. The molecule has 110 valence electrons. The van der Waals surface area contributed by atoms with E-state index in [9.17, 15) is 8.42 Å². The van der Waals surface area contributed by atoms with Crippen molar-refractivity contribution in [2.75, 3.05) is 6.26 Å². The third kappa shape index (κ3) is 2.49. The van der Waals surface area contributed by atoms with Crippen LogP contribution in [-0.2, 0) is 23.4 Å². The average Bonchev–Trinajstić information content (AvgIpc) is 2.93. The van der Waals surface area contributed by atoms with E-state index in [4.69, 9.17) is 12.2 Å². The zero-order valence-electron chi connectivity index (χ0n) is 11.4. The molecule has 0 aliphatic carbocycles. The second-order valence-corrected chi connectivity index (χ2v) is 7.14. The zero-order chi connectivity index (χ0) is 15.2. The lowest BCUT2D eigenvalue weighted by molar-refractivity contribution is 0.602. The Morgan fingerprint density at radius 3 is 2.76 bits per heavy atom. The van der Waals surface area contributed by atoms with Gasteiger partial charge in [-0.05, 0) is 24.4 Å². The van der Waals surface area contributed by atoms with Crippen molar-refractivity contribution < 1.29 is 8.42 Å². The molecule has 0 saturated heterocycles. The summed E-state index contributed by atoms with van der Waals surface area (Å²) in [5, 5.41) is 4.21. The summed E-state index contributed by atoms with van der Waals surface area (Å²) in [7, 11) is -1.54. The molecular formula is C12H13N5O2S2. The van der Waals surface area contributed by atoms with Crippen molar-refractivity contribution in [3.63, 3.8) is 0 Å². The third-order valence-corrected chi connectivity index (χ3v) is 4.58. The van der Waals surface area contributed by atoms with E-state index in [1.54, 1.807) is 34.8 Å². The van der Waals surface area contributed by atoms with Crippen molar-refractivity contribution in [3.8, 4) is 0 Å². The Balaban J connectivity index is 2.21. The molecule has 3 rings (SSSR count). The minimum Gasteiger partial charge on any atom is -0.329 e. The van der Waals surface area contributed by atoms with E-state index < -0.39 is 9.84 Å². The molecular weight excluding hydrogens is 310 g/mol. The number of fused-ring (bicyclic) bond motifs is 1. The van der Waals surface area contributed by atoms with Gasteiger partial charge >= 0.3 is 0 Å². The second kappa shape index (κ2) is 4.78. The molecule has 3 aromatic rings. The van der Waals surface area contributed by atoms with E-state index in [1.807, 2.05) is 6.07 Å². The fraction of sp³-hybridized carbons (Fsp3) is 0.250. The highest BCUT2D eigenvalue weighted by molar-refractivity contribution is 7.91. The summed E-state index contributed by atoms with van der Waals surface area (Å²) in [6.45, 7) is 0.382. The topological polar surface area (TPSA) is 85.6 Å². The minimum atomic E-state index is -3.33. The van der Waals surface area contributed by atoms with Gasteiger partial charge in [-0.1, -0.05) is 6.07 Å². The van der Waals surface area contributed by atoms with Crippen LogP contribution in [0.1, 0.15) is 5.82 Å². The Bertz CT molecular complexity index is 981. The predicted molar refractivity (Wildman–Crippen MR) is 80.3 cm³/mol. The van der Waals surface area contributed by atoms with Gasteiger partial charge in [0.25, 0.3) is 0 Å². The van der Waals surface area contributed by atoms with Crippen LogP contribution >= 0.6 is 12.2 Å². The van der Waals surface area contributed by atoms with Crippen LogP contribution in [0.2, 0.25) is 0 Å². The van der Waals surface area contributed by atoms with Gasteiger partial charge in [0.2, 0.25) is 0 Å². The first-order valence-corrected chi connectivity index (χ1v) is 8.42. The molecule has 0 unspecified atom stereocenters. The Labute approximate surface area is 126 Å². The molecule has 1 N–H and O–H groups in total. The highest BCUT2D eigenvalue weighted by Crippen LogP contribution is 2.22. The number of sulfone groups is 1. The lowest BCUT2D eigenvalue weighted by atomic mass is 10.3. The summed E-state index contributed by atoms with van der Waals surface area (Å²) in [6.07, 6.45) is 2.78. The molecule has 21 heavy (non-hydrogen) atoms. The van der Waals surface area contributed by atoms with Gasteiger partial charge in [-0.15, -0.1) is 0 Å². The van der Waals surface area contributed by atoms with Crippen LogP contribution in [0.5, 0.6) is 0 Å². The van der Waals surface area contributed by atoms with E-state index in [2.05, 4.69) is 15.1 Å². The first-order chi connectivity index (χ1) is 9.86. The van der Waals surface area contributed by atoms with Gasteiger partial charge < -0.3 is 9.55 Å². The lowest BCUT2D eigenvalue weighted by Crippen LogP contribution is -2.03. The zero-order valence-corrected chi connectivity index (χ0v) is 13.1. The number of imidazole rings is 1. The maximum atomic E-state index is 11.8. The first kappa shape index (κ1) is 14.0. The number of rotatable bonds is 3. The van der Waals surface area contributed by atoms with Crippen molar-refractivity contribution in [2.45, 2.75) is 11.4 Å². The molecule has 0 atom stereocenters. The molecule has 7 nitrogen and oxygen atoms in total. The monoisotopic (exact) mass is 323 g/mol. The third-order valence-electron chi connectivity index (χ3n) is 3.12. The lowest BCUT2D eigenvalue weighted by Gasteiger charge is -2.03. The molecule has 0 radical (unpaired) electrons. The Kier molecular flexibility index (Phi) is 3.18. The number of nitrogens with one attached hydrogen (secondary N) is 1. The number of nitrogens with zero attached hydrogens (tertiary/aromatic N) is 4. The van der Waals surface area contributed by atoms with Crippen molar-refractivity contribution in [2.24, 2.45) is 7.05 Å². The van der Waals surface area contributed by atoms with E-state index >= 15 is 0 Å².